The summed E-state index contributed by atoms with van der Waals surface area (Å²) in [6.45, 7) is 0.355. The number of rotatable bonds is 7. The zero-order valence-corrected chi connectivity index (χ0v) is 18.1. The Morgan fingerprint density at radius 1 is 0.833 bits per heavy atom. The zero-order valence-electron chi connectivity index (χ0n) is 17.2. The maximum atomic E-state index is 13.0. The fourth-order valence-corrected chi connectivity index (χ4v) is 4.17. The molecule has 0 spiro atoms. The fourth-order valence-electron chi connectivity index (χ4n) is 2.93. The summed E-state index contributed by atoms with van der Waals surface area (Å²) >= 11 is 0. The summed E-state index contributed by atoms with van der Waals surface area (Å²) in [5, 5.41) is 2.84. The SMILES string of the molecule is CN(C)c1ccc(CNC(=O)c2cccc(S(=O)(=O)N(C)c3ccccc3)c2)cc1. The zero-order chi connectivity index (χ0) is 21.7. The van der Waals surface area contributed by atoms with Crippen LogP contribution < -0.4 is 14.5 Å². The molecule has 0 radical (unpaired) electrons. The van der Waals surface area contributed by atoms with Crippen LogP contribution in [0.4, 0.5) is 11.4 Å². The van der Waals surface area contributed by atoms with Gasteiger partial charge in [0.25, 0.3) is 15.9 Å². The van der Waals surface area contributed by atoms with Crippen molar-refractivity contribution in [3.8, 4) is 0 Å². The topological polar surface area (TPSA) is 69.7 Å². The van der Waals surface area contributed by atoms with E-state index in [4.69, 9.17) is 0 Å². The van der Waals surface area contributed by atoms with Gasteiger partial charge in [0.1, 0.15) is 0 Å². The van der Waals surface area contributed by atoms with Gasteiger partial charge in [0, 0.05) is 38.9 Å². The number of para-hydroxylation sites is 1. The van der Waals surface area contributed by atoms with E-state index in [2.05, 4.69) is 5.32 Å². The van der Waals surface area contributed by atoms with Crippen molar-refractivity contribution in [1.29, 1.82) is 0 Å². The molecule has 0 aliphatic heterocycles. The van der Waals surface area contributed by atoms with Crippen LogP contribution in [-0.2, 0) is 16.6 Å². The molecule has 0 heterocycles. The highest BCUT2D eigenvalue weighted by Gasteiger charge is 2.22. The van der Waals surface area contributed by atoms with Gasteiger partial charge in [0.05, 0.1) is 10.6 Å². The maximum absolute atomic E-state index is 13.0. The van der Waals surface area contributed by atoms with E-state index in [1.165, 1.54) is 23.5 Å². The van der Waals surface area contributed by atoms with Crippen molar-refractivity contribution in [3.63, 3.8) is 0 Å². The molecule has 0 aliphatic carbocycles. The first kappa shape index (κ1) is 21.4. The lowest BCUT2D eigenvalue weighted by Crippen LogP contribution is -2.27. The Morgan fingerprint density at radius 3 is 2.13 bits per heavy atom. The third kappa shape index (κ3) is 4.80. The smallest absolute Gasteiger partial charge is 0.264 e. The number of nitrogens with one attached hydrogen (secondary N) is 1. The van der Waals surface area contributed by atoms with Crippen molar-refractivity contribution in [2.75, 3.05) is 30.3 Å². The fraction of sp³-hybridized carbons (Fsp3) is 0.174. The van der Waals surface area contributed by atoms with Gasteiger partial charge in [-0.25, -0.2) is 8.42 Å². The first-order valence-electron chi connectivity index (χ1n) is 9.47. The van der Waals surface area contributed by atoms with E-state index in [0.717, 1.165) is 11.3 Å². The first-order chi connectivity index (χ1) is 14.3. The number of hydrogen-bond donors (Lipinski definition) is 1. The van der Waals surface area contributed by atoms with Gasteiger partial charge in [-0.2, -0.15) is 0 Å². The van der Waals surface area contributed by atoms with Crippen molar-refractivity contribution in [3.05, 3.63) is 90.0 Å². The minimum atomic E-state index is -3.78. The van der Waals surface area contributed by atoms with Crippen LogP contribution >= 0.6 is 0 Å². The number of carbonyl (C=O) groups excluding carboxylic acids is 1. The molecular weight excluding hydrogens is 398 g/mol. The average Bonchev–Trinajstić information content (AvgIpc) is 2.77. The van der Waals surface area contributed by atoms with Gasteiger partial charge in [0.2, 0.25) is 0 Å². The van der Waals surface area contributed by atoms with Crippen molar-refractivity contribution in [2.45, 2.75) is 11.4 Å². The van der Waals surface area contributed by atoms with Gasteiger partial charge in [-0.15, -0.1) is 0 Å². The summed E-state index contributed by atoms with van der Waals surface area (Å²) in [4.78, 5) is 14.7. The summed E-state index contributed by atoms with van der Waals surface area (Å²) in [6, 6.07) is 22.7. The molecule has 156 valence electrons. The van der Waals surface area contributed by atoms with Crippen LogP contribution in [0, 0.1) is 0 Å². The van der Waals surface area contributed by atoms with Crippen LogP contribution in [0.15, 0.2) is 83.8 Å². The molecule has 3 aromatic carbocycles. The predicted molar refractivity (Wildman–Crippen MR) is 120 cm³/mol. The van der Waals surface area contributed by atoms with Crippen LogP contribution in [0.2, 0.25) is 0 Å². The van der Waals surface area contributed by atoms with Crippen LogP contribution in [0.5, 0.6) is 0 Å². The van der Waals surface area contributed by atoms with Gasteiger partial charge >= 0.3 is 0 Å². The van der Waals surface area contributed by atoms with Gasteiger partial charge in [-0.05, 0) is 48.0 Å². The summed E-state index contributed by atoms with van der Waals surface area (Å²) in [7, 11) is 1.65. The molecule has 30 heavy (non-hydrogen) atoms. The number of amides is 1. The molecule has 0 aliphatic rings. The third-order valence-corrected chi connectivity index (χ3v) is 6.56. The number of nitrogens with zero attached hydrogens (tertiary/aromatic N) is 2. The molecule has 0 saturated heterocycles. The van der Waals surface area contributed by atoms with Crippen molar-refractivity contribution in [2.24, 2.45) is 0 Å². The van der Waals surface area contributed by atoms with Gasteiger partial charge < -0.3 is 10.2 Å². The number of anilines is 2. The largest absolute Gasteiger partial charge is 0.378 e. The van der Waals surface area contributed by atoms with E-state index in [-0.39, 0.29) is 10.8 Å². The van der Waals surface area contributed by atoms with Gasteiger partial charge in [-0.1, -0.05) is 36.4 Å². The molecule has 0 bridgehead atoms. The van der Waals surface area contributed by atoms with Gasteiger partial charge in [-0.3, -0.25) is 9.10 Å². The van der Waals surface area contributed by atoms with Gasteiger partial charge in [0.15, 0.2) is 0 Å². The van der Waals surface area contributed by atoms with E-state index in [0.29, 0.717) is 17.8 Å². The van der Waals surface area contributed by atoms with E-state index < -0.39 is 10.0 Å². The summed E-state index contributed by atoms with van der Waals surface area (Å²) in [5.74, 6) is -0.328. The standard InChI is InChI=1S/C23H25N3O3S/c1-25(2)20-14-12-18(13-15-20)17-24-23(27)19-8-7-11-22(16-19)30(28,29)26(3)21-9-5-4-6-10-21/h4-16H,17H2,1-3H3,(H,24,27). The Morgan fingerprint density at radius 2 is 1.50 bits per heavy atom. The molecule has 3 aromatic rings. The van der Waals surface area contributed by atoms with Crippen LogP contribution in [0.25, 0.3) is 0 Å². The van der Waals surface area contributed by atoms with Crippen LogP contribution in [0.3, 0.4) is 0 Å². The molecule has 3 rings (SSSR count). The molecule has 0 unspecified atom stereocenters. The highest BCUT2D eigenvalue weighted by Crippen LogP contribution is 2.22. The number of hydrogen-bond acceptors (Lipinski definition) is 4. The Balaban J connectivity index is 1.73. The lowest BCUT2D eigenvalue weighted by atomic mass is 10.1. The van der Waals surface area contributed by atoms with E-state index in [9.17, 15) is 13.2 Å². The Labute approximate surface area is 177 Å². The Hall–Kier alpha value is -3.32. The van der Waals surface area contributed by atoms with Crippen LogP contribution in [-0.4, -0.2) is 35.5 Å². The molecule has 0 atom stereocenters. The van der Waals surface area contributed by atoms with E-state index in [1.54, 1.807) is 36.4 Å². The number of carbonyl (C=O) groups is 1. The molecule has 6 nitrogen and oxygen atoms in total. The summed E-state index contributed by atoms with van der Waals surface area (Å²) in [6.07, 6.45) is 0. The van der Waals surface area contributed by atoms with Crippen molar-refractivity contribution in [1.82, 2.24) is 5.32 Å². The average molecular weight is 424 g/mol. The second-order valence-corrected chi connectivity index (χ2v) is 9.05. The molecule has 7 heteroatoms. The third-order valence-electron chi connectivity index (χ3n) is 4.78. The summed E-state index contributed by atoms with van der Waals surface area (Å²) < 4.78 is 27.1. The Kier molecular flexibility index (Phi) is 6.42. The Bertz CT molecular complexity index is 1110. The molecule has 0 fully saturated rings. The minimum absolute atomic E-state index is 0.0665. The van der Waals surface area contributed by atoms with Crippen molar-refractivity contribution < 1.29 is 13.2 Å². The highest BCUT2D eigenvalue weighted by atomic mass is 32.2. The molecule has 1 amide bonds. The van der Waals surface area contributed by atoms with Crippen LogP contribution in [0.1, 0.15) is 15.9 Å². The molecule has 1 N–H and O–H groups in total. The maximum Gasteiger partial charge on any atom is 0.264 e. The highest BCUT2D eigenvalue weighted by molar-refractivity contribution is 7.92. The number of benzene rings is 3. The second kappa shape index (κ2) is 9.00. The summed E-state index contributed by atoms with van der Waals surface area (Å²) in [5.41, 5.74) is 2.88. The second-order valence-electron chi connectivity index (χ2n) is 7.08. The monoisotopic (exact) mass is 423 g/mol. The predicted octanol–water partition coefficient (Wildman–Crippen LogP) is 3.51. The molecule has 0 aromatic heterocycles. The number of sulfonamides is 1. The lowest BCUT2D eigenvalue weighted by Gasteiger charge is -2.19. The first-order valence-corrected chi connectivity index (χ1v) is 10.9. The molecule has 0 saturated carbocycles. The van der Waals surface area contributed by atoms with Crippen molar-refractivity contribution >= 4 is 27.3 Å². The quantitative estimate of drug-likeness (QED) is 0.631. The van der Waals surface area contributed by atoms with E-state index >= 15 is 0 Å². The van der Waals surface area contributed by atoms with E-state index in [1.807, 2.05) is 49.3 Å². The molecular formula is C23H25N3O3S. The lowest BCUT2D eigenvalue weighted by molar-refractivity contribution is 0.0950. The minimum Gasteiger partial charge on any atom is -0.378 e. The normalized spacial score (nSPS) is 11.0.